The van der Waals surface area contributed by atoms with Crippen molar-refractivity contribution < 1.29 is 4.74 Å². The van der Waals surface area contributed by atoms with E-state index in [1.807, 2.05) is 30.3 Å². The molecule has 0 amide bonds. The molecule has 0 unspecified atom stereocenters. The molecule has 0 aliphatic carbocycles. The van der Waals surface area contributed by atoms with Gasteiger partial charge in [0.2, 0.25) is 0 Å². The standard InChI is InChI=1S/C11H13N3O/c1-2-5-11(6-3-1)15-10-4-9-14-12-7-8-13-14/h1-3,5-8H,4,9-10H2. The molecule has 2 aromatic rings. The number of hydrogen-bond donors (Lipinski definition) is 0. The maximum atomic E-state index is 5.54. The van der Waals surface area contributed by atoms with Crippen LogP contribution in [0.5, 0.6) is 5.75 Å². The predicted molar refractivity (Wildman–Crippen MR) is 56.6 cm³/mol. The maximum Gasteiger partial charge on any atom is 0.119 e. The summed E-state index contributed by atoms with van der Waals surface area (Å²) >= 11 is 0. The van der Waals surface area contributed by atoms with Crippen LogP contribution in [-0.4, -0.2) is 21.6 Å². The number of aryl methyl sites for hydroxylation is 1. The molecule has 1 heterocycles. The third kappa shape index (κ3) is 3.09. The van der Waals surface area contributed by atoms with Gasteiger partial charge in [0, 0.05) is 6.42 Å². The normalized spacial score (nSPS) is 10.1. The lowest BCUT2D eigenvalue weighted by Crippen LogP contribution is -2.06. The Labute approximate surface area is 88.5 Å². The molecule has 0 aliphatic heterocycles. The van der Waals surface area contributed by atoms with E-state index in [-0.39, 0.29) is 0 Å². The molecule has 0 fully saturated rings. The molecular weight excluding hydrogens is 190 g/mol. The van der Waals surface area contributed by atoms with Gasteiger partial charge in [-0.3, -0.25) is 0 Å². The maximum absolute atomic E-state index is 5.54. The van der Waals surface area contributed by atoms with E-state index in [9.17, 15) is 0 Å². The molecule has 0 atom stereocenters. The van der Waals surface area contributed by atoms with Gasteiger partial charge in [-0.2, -0.15) is 15.0 Å². The Bertz CT molecular complexity index is 372. The first-order valence-corrected chi connectivity index (χ1v) is 4.97. The lowest BCUT2D eigenvalue weighted by Gasteiger charge is -2.04. The summed E-state index contributed by atoms with van der Waals surface area (Å²) in [6.45, 7) is 1.48. The van der Waals surface area contributed by atoms with Crippen molar-refractivity contribution in [3.05, 3.63) is 42.7 Å². The Morgan fingerprint density at radius 3 is 2.53 bits per heavy atom. The third-order valence-electron chi connectivity index (χ3n) is 1.98. The Morgan fingerprint density at radius 2 is 1.80 bits per heavy atom. The molecule has 1 aromatic heterocycles. The molecule has 0 radical (unpaired) electrons. The monoisotopic (exact) mass is 203 g/mol. The summed E-state index contributed by atoms with van der Waals surface area (Å²) in [6, 6.07) is 9.80. The van der Waals surface area contributed by atoms with Crippen LogP contribution in [0.3, 0.4) is 0 Å². The lowest BCUT2D eigenvalue weighted by atomic mass is 10.3. The summed E-state index contributed by atoms with van der Waals surface area (Å²) in [6.07, 6.45) is 4.26. The van der Waals surface area contributed by atoms with E-state index in [0.29, 0.717) is 6.61 Å². The quantitative estimate of drug-likeness (QED) is 0.695. The van der Waals surface area contributed by atoms with Crippen LogP contribution in [-0.2, 0) is 6.54 Å². The SMILES string of the molecule is c1ccc(OCCCn2nccn2)cc1. The molecule has 4 nitrogen and oxygen atoms in total. The number of ether oxygens (including phenoxy) is 1. The Hall–Kier alpha value is -1.84. The van der Waals surface area contributed by atoms with Crippen LogP contribution in [0.1, 0.15) is 6.42 Å². The summed E-state index contributed by atoms with van der Waals surface area (Å²) in [4.78, 5) is 1.66. The third-order valence-corrected chi connectivity index (χ3v) is 1.98. The van der Waals surface area contributed by atoms with Crippen LogP contribution in [0, 0.1) is 0 Å². The molecular formula is C11H13N3O. The van der Waals surface area contributed by atoms with E-state index < -0.39 is 0 Å². The number of hydrogen-bond acceptors (Lipinski definition) is 3. The van der Waals surface area contributed by atoms with Gasteiger partial charge in [0.05, 0.1) is 25.5 Å². The summed E-state index contributed by atoms with van der Waals surface area (Å²) in [7, 11) is 0. The Morgan fingerprint density at radius 1 is 1.07 bits per heavy atom. The van der Waals surface area contributed by atoms with E-state index in [0.717, 1.165) is 18.7 Å². The summed E-state index contributed by atoms with van der Waals surface area (Å²) in [5.74, 6) is 0.908. The van der Waals surface area contributed by atoms with Gasteiger partial charge < -0.3 is 4.74 Å². The van der Waals surface area contributed by atoms with E-state index in [2.05, 4.69) is 10.2 Å². The van der Waals surface area contributed by atoms with E-state index in [4.69, 9.17) is 4.74 Å². The zero-order chi connectivity index (χ0) is 10.3. The molecule has 0 bridgehead atoms. The van der Waals surface area contributed by atoms with Gasteiger partial charge in [0.15, 0.2) is 0 Å². The average molecular weight is 203 g/mol. The number of nitrogens with zero attached hydrogens (tertiary/aromatic N) is 3. The number of aromatic nitrogens is 3. The van der Waals surface area contributed by atoms with Gasteiger partial charge in [0.25, 0.3) is 0 Å². The zero-order valence-electron chi connectivity index (χ0n) is 8.41. The van der Waals surface area contributed by atoms with Gasteiger partial charge >= 0.3 is 0 Å². The minimum atomic E-state index is 0.686. The minimum absolute atomic E-state index is 0.686. The molecule has 0 saturated heterocycles. The Balaban J connectivity index is 1.68. The van der Waals surface area contributed by atoms with Crippen molar-refractivity contribution in [3.8, 4) is 5.75 Å². The van der Waals surface area contributed by atoms with Crippen LogP contribution < -0.4 is 4.74 Å². The molecule has 4 heteroatoms. The second-order valence-electron chi connectivity index (χ2n) is 3.14. The highest BCUT2D eigenvalue weighted by Gasteiger charge is 1.94. The number of para-hydroxylation sites is 1. The first-order chi connectivity index (χ1) is 7.45. The molecule has 0 aliphatic rings. The second kappa shape index (κ2) is 5.14. The first kappa shape index (κ1) is 9.71. The zero-order valence-corrected chi connectivity index (χ0v) is 8.41. The molecule has 78 valence electrons. The number of rotatable bonds is 5. The molecule has 2 rings (SSSR count). The second-order valence-corrected chi connectivity index (χ2v) is 3.14. The molecule has 0 saturated carbocycles. The molecule has 1 aromatic carbocycles. The van der Waals surface area contributed by atoms with Gasteiger partial charge in [-0.05, 0) is 12.1 Å². The molecule has 0 N–H and O–H groups in total. The first-order valence-electron chi connectivity index (χ1n) is 4.97. The van der Waals surface area contributed by atoms with Crippen LogP contribution >= 0.6 is 0 Å². The van der Waals surface area contributed by atoms with Crippen molar-refractivity contribution in [2.45, 2.75) is 13.0 Å². The van der Waals surface area contributed by atoms with Crippen molar-refractivity contribution in [1.29, 1.82) is 0 Å². The van der Waals surface area contributed by atoms with Gasteiger partial charge in [-0.1, -0.05) is 18.2 Å². The van der Waals surface area contributed by atoms with Crippen LogP contribution in [0.2, 0.25) is 0 Å². The van der Waals surface area contributed by atoms with Crippen LogP contribution in [0.4, 0.5) is 0 Å². The fraction of sp³-hybridized carbons (Fsp3) is 0.273. The van der Waals surface area contributed by atoms with E-state index in [1.54, 1.807) is 17.2 Å². The average Bonchev–Trinajstić information content (AvgIpc) is 2.79. The highest BCUT2D eigenvalue weighted by atomic mass is 16.5. The Kier molecular flexibility index (Phi) is 3.33. The highest BCUT2D eigenvalue weighted by Crippen LogP contribution is 2.08. The fourth-order valence-electron chi connectivity index (χ4n) is 1.27. The van der Waals surface area contributed by atoms with Crippen LogP contribution in [0.15, 0.2) is 42.7 Å². The lowest BCUT2D eigenvalue weighted by molar-refractivity contribution is 0.294. The summed E-state index contributed by atoms with van der Waals surface area (Å²) in [5.41, 5.74) is 0. The fourth-order valence-corrected chi connectivity index (χ4v) is 1.27. The van der Waals surface area contributed by atoms with Crippen molar-refractivity contribution in [3.63, 3.8) is 0 Å². The van der Waals surface area contributed by atoms with Gasteiger partial charge in [0.1, 0.15) is 5.75 Å². The smallest absolute Gasteiger partial charge is 0.119 e. The van der Waals surface area contributed by atoms with Crippen molar-refractivity contribution in [1.82, 2.24) is 15.0 Å². The summed E-state index contributed by atoms with van der Waals surface area (Å²) in [5, 5.41) is 8.02. The minimum Gasteiger partial charge on any atom is -0.494 e. The largest absolute Gasteiger partial charge is 0.494 e. The highest BCUT2D eigenvalue weighted by molar-refractivity contribution is 5.20. The topological polar surface area (TPSA) is 39.9 Å². The van der Waals surface area contributed by atoms with Crippen molar-refractivity contribution in [2.24, 2.45) is 0 Å². The van der Waals surface area contributed by atoms with Crippen LogP contribution in [0.25, 0.3) is 0 Å². The van der Waals surface area contributed by atoms with Gasteiger partial charge in [-0.15, -0.1) is 0 Å². The van der Waals surface area contributed by atoms with Gasteiger partial charge in [-0.25, -0.2) is 0 Å². The molecule has 15 heavy (non-hydrogen) atoms. The molecule has 0 spiro atoms. The van der Waals surface area contributed by atoms with Crippen molar-refractivity contribution >= 4 is 0 Å². The number of benzene rings is 1. The summed E-state index contributed by atoms with van der Waals surface area (Å²) < 4.78 is 5.54. The predicted octanol–water partition coefficient (Wildman–Crippen LogP) is 1.75. The van der Waals surface area contributed by atoms with E-state index >= 15 is 0 Å². The van der Waals surface area contributed by atoms with E-state index in [1.165, 1.54) is 0 Å². The van der Waals surface area contributed by atoms with Crippen molar-refractivity contribution in [2.75, 3.05) is 6.61 Å².